The molecular weight excluding hydrogens is 338 g/mol. The predicted octanol–water partition coefficient (Wildman–Crippen LogP) is 3.00. The molecule has 110 valence electrons. The number of thiophene rings is 1. The molecule has 0 aliphatic rings. The summed E-state index contributed by atoms with van der Waals surface area (Å²) in [7, 11) is 1.90. The van der Waals surface area contributed by atoms with Crippen LogP contribution in [0.3, 0.4) is 0 Å². The maximum Gasteiger partial charge on any atom is 0.235 e. The molecule has 20 heavy (non-hydrogen) atoms. The second-order valence-corrected chi connectivity index (χ2v) is 7.94. The third-order valence-corrected chi connectivity index (χ3v) is 4.86. The van der Waals surface area contributed by atoms with Gasteiger partial charge in [-0.25, -0.2) is 0 Å². The molecule has 4 nitrogen and oxygen atoms in total. The van der Waals surface area contributed by atoms with Crippen molar-refractivity contribution >= 4 is 33.2 Å². The van der Waals surface area contributed by atoms with Crippen molar-refractivity contribution in [3.63, 3.8) is 0 Å². The molecule has 1 atom stereocenters. The largest absolute Gasteiger partial charge is 0.337 e. The number of carbonyl (C=O) groups is 1. The molecule has 1 N–H and O–H groups in total. The Hall–Kier alpha value is -0.900. The van der Waals surface area contributed by atoms with Gasteiger partial charge in [0.05, 0.1) is 16.4 Å². The molecule has 6 heteroatoms. The summed E-state index contributed by atoms with van der Waals surface area (Å²) in [5, 5.41) is 12.0. The third-order valence-electron chi connectivity index (χ3n) is 3.25. The van der Waals surface area contributed by atoms with Crippen LogP contribution in [-0.2, 0) is 11.3 Å². The minimum Gasteiger partial charge on any atom is -0.337 e. The Balaban J connectivity index is 2.52. The minimum absolute atomic E-state index is 0.0648. The molecule has 1 amide bonds. The standard InChI is InChI=1S/C14H20BrN3OS/c1-10(2)14(3,9-16)17-13(19)8-18(4)7-11-5-6-12(15)20-11/h5-6,10H,7-8H2,1-4H3,(H,17,19)/t14-/m1/s1. The van der Waals surface area contributed by atoms with Gasteiger partial charge in [-0.05, 0) is 48.0 Å². The van der Waals surface area contributed by atoms with E-state index in [2.05, 4.69) is 27.3 Å². The molecule has 0 aliphatic carbocycles. The fraction of sp³-hybridized carbons (Fsp3) is 0.571. The van der Waals surface area contributed by atoms with Crippen LogP contribution < -0.4 is 5.32 Å². The summed E-state index contributed by atoms with van der Waals surface area (Å²) in [6.07, 6.45) is 0. The molecule has 0 bridgehead atoms. The number of nitrogens with one attached hydrogen (secondary N) is 1. The zero-order valence-electron chi connectivity index (χ0n) is 12.2. The molecule has 0 saturated carbocycles. The number of likely N-dealkylation sites (N-methyl/N-ethyl adjacent to an activating group) is 1. The highest BCUT2D eigenvalue weighted by atomic mass is 79.9. The van der Waals surface area contributed by atoms with Crippen LogP contribution in [0.1, 0.15) is 25.6 Å². The van der Waals surface area contributed by atoms with Crippen LogP contribution in [-0.4, -0.2) is 29.9 Å². The van der Waals surface area contributed by atoms with Gasteiger partial charge in [0.1, 0.15) is 5.54 Å². The van der Waals surface area contributed by atoms with Gasteiger partial charge in [-0.1, -0.05) is 13.8 Å². The summed E-state index contributed by atoms with van der Waals surface area (Å²) in [6.45, 7) is 6.60. The van der Waals surface area contributed by atoms with Gasteiger partial charge in [-0.3, -0.25) is 9.69 Å². The van der Waals surface area contributed by atoms with Crippen molar-refractivity contribution in [2.45, 2.75) is 32.9 Å². The fourth-order valence-corrected chi connectivity index (χ4v) is 3.20. The smallest absolute Gasteiger partial charge is 0.235 e. The summed E-state index contributed by atoms with van der Waals surface area (Å²) in [5.41, 5.74) is -0.816. The summed E-state index contributed by atoms with van der Waals surface area (Å²) in [5.74, 6) is -0.0594. The topological polar surface area (TPSA) is 56.1 Å². The van der Waals surface area contributed by atoms with E-state index in [4.69, 9.17) is 0 Å². The van der Waals surface area contributed by atoms with Gasteiger partial charge in [-0.2, -0.15) is 5.26 Å². The molecule has 0 saturated heterocycles. The number of nitriles is 1. The van der Waals surface area contributed by atoms with Crippen molar-refractivity contribution in [1.82, 2.24) is 10.2 Å². The zero-order chi connectivity index (χ0) is 15.3. The Morgan fingerprint density at radius 1 is 1.60 bits per heavy atom. The molecule has 0 fully saturated rings. The average molecular weight is 358 g/mol. The zero-order valence-corrected chi connectivity index (χ0v) is 14.6. The summed E-state index contributed by atoms with van der Waals surface area (Å²) in [6, 6.07) is 6.22. The van der Waals surface area contributed by atoms with Crippen molar-refractivity contribution in [3.05, 3.63) is 20.8 Å². The Labute approximate surface area is 132 Å². The van der Waals surface area contributed by atoms with Crippen molar-refractivity contribution < 1.29 is 4.79 Å². The molecule has 1 heterocycles. The van der Waals surface area contributed by atoms with E-state index < -0.39 is 5.54 Å². The second kappa shape index (κ2) is 7.21. The van der Waals surface area contributed by atoms with Crippen molar-refractivity contribution in [2.24, 2.45) is 5.92 Å². The number of hydrogen-bond acceptors (Lipinski definition) is 4. The van der Waals surface area contributed by atoms with Gasteiger partial charge in [0.25, 0.3) is 0 Å². The van der Waals surface area contributed by atoms with Crippen LogP contribution in [0, 0.1) is 17.2 Å². The number of rotatable bonds is 6. The van der Waals surface area contributed by atoms with Crippen molar-refractivity contribution in [2.75, 3.05) is 13.6 Å². The van der Waals surface area contributed by atoms with E-state index in [1.54, 1.807) is 18.3 Å². The first-order valence-corrected chi connectivity index (χ1v) is 8.03. The van der Waals surface area contributed by atoms with Crippen LogP contribution in [0.2, 0.25) is 0 Å². The summed E-state index contributed by atoms with van der Waals surface area (Å²) >= 11 is 5.08. The lowest BCUT2D eigenvalue weighted by Gasteiger charge is -2.28. The van der Waals surface area contributed by atoms with E-state index in [0.29, 0.717) is 6.54 Å². The van der Waals surface area contributed by atoms with E-state index in [1.165, 1.54) is 4.88 Å². The Morgan fingerprint density at radius 2 is 2.25 bits per heavy atom. The van der Waals surface area contributed by atoms with Crippen LogP contribution in [0.15, 0.2) is 15.9 Å². The Bertz CT molecular complexity index is 509. The highest BCUT2D eigenvalue weighted by molar-refractivity contribution is 9.11. The first kappa shape index (κ1) is 17.2. The van der Waals surface area contributed by atoms with Gasteiger partial charge in [0, 0.05) is 11.4 Å². The maximum absolute atomic E-state index is 12.0. The Morgan fingerprint density at radius 3 is 2.70 bits per heavy atom. The lowest BCUT2D eigenvalue weighted by atomic mass is 9.90. The second-order valence-electron chi connectivity index (χ2n) is 5.40. The van der Waals surface area contributed by atoms with Gasteiger partial charge >= 0.3 is 0 Å². The monoisotopic (exact) mass is 357 g/mol. The number of halogens is 1. The van der Waals surface area contributed by atoms with E-state index in [1.807, 2.05) is 37.9 Å². The SMILES string of the molecule is CC(C)[C@@](C)(C#N)NC(=O)CN(C)Cc1ccc(Br)s1. The normalized spacial score (nSPS) is 14.1. The highest BCUT2D eigenvalue weighted by Gasteiger charge is 2.30. The summed E-state index contributed by atoms with van der Waals surface area (Å²) < 4.78 is 1.09. The number of nitrogens with zero attached hydrogens (tertiary/aromatic N) is 2. The van der Waals surface area contributed by atoms with E-state index >= 15 is 0 Å². The van der Waals surface area contributed by atoms with Gasteiger partial charge in [-0.15, -0.1) is 11.3 Å². The quantitative estimate of drug-likeness (QED) is 0.851. The number of hydrogen-bond donors (Lipinski definition) is 1. The van der Waals surface area contributed by atoms with Crippen LogP contribution in [0.4, 0.5) is 0 Å². The molecule has 1 rings (SSSR count). The predicted molar refractivity (Wildman–Crippen MR) is 85.4 cm³/mol. The molecular formula is C14H20BrN3OS. The third kappa shape index (κ3) is 4.89. The molecule has 1 aromatic rings. The van der Waals surface area contributed by atoms with E-state index in [0.717, 1.165) is 3.79 Å². The lowest BCUT2D eigenvalue weighted by molar-refractivity contribution is -0.123. The first-order valence-electron chi connectivity index (χ1n) is 6.42. The molecule has 1 aromatic heterocycles. The number of amides is 1. The van der Waals surface area contributed by atoms with Gasteiger partial charge in [0.2, 0.25) is 5.91 Å². The van der Waals surface area contributed by atoms with Crippen LogP contribution >= 0.6 is 27.3 Å². The molecule has 0 unspecified atom stereocenters. The first-order chi connectivity index (χ1) is 9.26. The average Bonchev–Trinajstić information content (AvgIpc) is 2.73. The fourth-order valence-electron chi connectivity index (χ4n) is 1.63. The van der Waals surface area contributed by atoms with Gasteiger partial charge < -0.3 is 5.32 Å². The van der Waals surface area contributed by atoms with E-state index in [9.17, 15) is 10.1 Å². The molecule has 0 spiro atoms. The van der Waals surface area contributed by atoms with E-state index in [-0.39, 0.29) is 18.4 Å². The highest BCUT2D eigenvalue weighted by Crippen LogP contribution is 2.23. The van der Waals surface area contributed by atoms with Crippen molar-refractivity contribution in [1.29, 1.82) is 5.26 Å². The minimum atomic E-state index is -0.816. The van der Waals surface area contributed by atoms with Gasteiger partial charge in [0.15, 0.2) is 0 Å². The molecule has 0 aliphatic heterocycles. The summed E-state index contributed by atoms with van der Waals surface area (Å²) in [4.78, 5) is 15.1. The Kier molecular flexibility index (Phi) is 6.18. The number of carbonyl (C=O) groups excluding carboxylic acids is 1. The van der Waals surface area contributed by atoms with Crippen LogP contribution in [0.25, 0.3) is 0 Å². The van der Waals surface area contributed by atoms with Crippen molar-refractivity contribution in [3.8, 4) is 6.07 Å². The molecule has 0 radical (unpaired) electrons. The lowest BCUT2D eigenvalue weighted by Crippen LogP contribution is -2.51. The molecule has 0 aromatic carbocycles. The maximum atomic E-state index is 12.0. The van der Waals surface area contributed by atoms with Crippen LogP contribution in [0.5, 0.6) is 0 Å².